The molecule has 4 heteroatoms. The van der Waals surface area contributed by atoms with Crippen molar-refractivity contribution in [2.24, 2.45) is 23.2 Å². The lowest BCUT2D eigenvalue weighted by Gasteiger charge is -2.57. The van der Waals surface area contributed by atoms with Crippen molar-refractivity contribution >= 4 is 11.7 Å². The van der Waals surface area contributed by atoms with Gasteiger partial charge in [0.25, 0.3) is 5.91 Å². The molecule has 2 fully saturated rings. The van der Waals surface area contributed by atoms with Gasteiger partial charge in [0.1, 0.15) is 11.3 Å². The van der Waals surface area contributed by atoms with Crippen LogP contribution in [0.2, 0.25) is 0 Å². The van der Waals surface area contributed by atoms with Gasteiger partial charge in [0, 0.05) is 6.54 Å². The third-order valence-corrected chi connectivity index (χ3v) is 6.39. The molecule has 1 saturated carbocycles. The van der Waals surface area contributed by atoms with Crippen LogP contribution in [0.15, 0.2) is 23.0 Å². The van der Waals surface area contributed by atoms with E-state index in [1.807, 2.05) is 0 Å². The van der Waals surface area contributed by atoms with Gasteiger partial charge in [-0.05, 0) is 49.4 Å². The molecular weight excluding hydrogens is 302 g/mol. The van der Waals surface area contributed by atoms with Crippen molar-refractivity contribution in [3.05, 3.63) is 23.0 Å². The molecule has 3 aliphatic carbocycles. The number of rotatable bonds is 4. The lowest BCUT2D eigenvalue weighted by molar-refractivity contribution is -0.127. The number of carbonyl (C=O) groups is 2. The topological polar surface area (TPSA) is 57.6 Å². The predicted octanol–water partition coefficient (Wildman–Crippen LogP) is 3.64. The van der Waals surface area contributed by atoms with Crippen LogP contribution in [0.1, 0.15) is 53.9 Å². The van der Waals surface area contributed by atoms with Gasteiger partial charge in [-0.25, -0.2) is 0 Å². The zero-order valence-electron chi connectivity index (χ0n) is 15.4. The second-order valence-corrected chi connectivity index (χ2v) is 8.72. The SMILES string of the molecule is C/C(O)=C1\C(=O)[C@H](CC(C)C)N(CC2=CCC3CC2C3(C)C)C1=O. The first-order chi connectivity index (χ1) is 11.1. The summed E-state index contributed by atoms with van der Waals surface area (Å²) in [7, 11) is 0. The van der Waals surface area contributed by atoms with Gasteiger partial charge >= 0.3 is 0 Å². The number of aliphatic hydroxyl groups excluding tert-OH is 1. The fourth-order valence-electron chi connectivity index (χ4n) is 4.75. The van der Waals surface area contributed by atoms with E-state index in [0.29, 0.717) is 30.2 Å². The first-order valence-electron chi connectivity index (χ1n) is 9.08. The van der Waals surface area contributed by atoms with Crippen LogP contribution in [-0.2, 0) is 9.59 Å². The zero-order chi connectivity index (χ0) is 17.8. The lowest BCUT2D eigenvalue weighted by Crippen LogP contribution is -2.50. The van der Waals surface area contributed by atoms with Crippen LogP contribution in [0.4, 0.5) is 0 Å². The largest absolute Gasteiger partial charge is 0.512 e. The summed E-state index contributed by atoms with van der Waals surface area (Å²) in [4.78, 5) is 27.1. The molecular formula is C20H29NO3. The lowest BCUT2D eigenvalue weighted by atomic mass is 9.49. The fraction of sp³-hybridized carbons (Fsp3) is 0.700. The first-order valence-corrected chi connectivity index (χ1v) is 9.08. The molecule has 0 aromatic carbocycles. The number of aliphatic hydroxyl groups is 1. The minimum Gasteiger partial charge on any atom is -0.512 e. The van der Waals surface area contributed by atoms with Crippen LogP contribution in [0.3, 0.4) is 0 Å². The number of amides is 1. The summed E-state index contributed by atoms with van der Waals surface area (Å²) in [5.74, 6) is 0.924. The number of ketones is 1. The van der Waals surface area contributed by atoms with E-state index < -0.39 is 6.04 Å². The maximum Gasteiger partial charge on any atom is 0.261 e. The van der Waals surface area contributed by atoms with Crippen molar-refractivity contribution in [1.29, 1.82) is 0 Å². The van der Waals surface area contributed by atoms with Crippen molar-refractivity contribution in [1.82, 2.24) is 4.90 Å². The summed E-state index contributed by atoms with van der Waals surface area (Å²) in [6.45, 7) is 10.7. The highest BCUT2D eigenvalue weighted by atomic mass is 16.3. The highest BCUT2D eigenvalue weighted by molar-refractivity contribution is 6.26. The standard InChI is InChI=1S/C20H29NO3/c1-11(2)8-16-18(23)17(12(3)22)19(24)21(16)10-13-6-7-14-9-15(13)20(14,4)5/h6,11,14-16,22H,7-10H2,1-5H3/b17-12-/t14?,15?,16-/m0/s1. The maximum atomic E-state index is 12.8. The third kappa shape index (κ3) is 2.51. The summed E-state index contributed by atoms with van der Waals surface area (Å²) >= 11 is 0. The molecule has 1 heterocycles. The summed E-state index contributed by atoms with van der Waals surface area (Å²) in [6, 6.07) is -0.434. The third-order valence-electron chi connectivity index (χ3n) is 6.39. The Morgan fingerprint density at radius 3 is 2.54 bits per heavy atom. The van der Waals surface area contributed by atoms with E-state index in [-0.39, 0.29) is 23.0 Å². The van der Waals surface area contributed by atoms with Gasteiger partial charge in [0.15, 0.2) is 5.78 Å². The monoisotopic (exact) mass is 331 g/mol. The first kappa shape index (κ1) is 17.2. The highest BCUT2D eigenvalue weighted by Crippen LogP contribution is 2.59. The molecule has 0 aromatic rings. The Morgan fingerprint density at radius 2 is 2.04 bits per heavy atom. The van der Waals surface area contributed by atoms with Gasteiger partial charge in [-0.2, -0.15) is 0 Å². The van der Waals surface area contributed by atoms with Crippen molar-refractivity contribution in [2.75, 3.05) is 6.54 Å². The molecule has 1 amide bonds. The van der Waals surface area contributed by atoms with Crippen molar-refractivity contribution in [3.8, 4) is 0 Å². The van der Waals surface area contributed by atoms with Crippen LogP contribution in [0, 0.1) is 23.2 Å². The second-order valence-electron chi connectivity index (χ2n) is 8.72. The minimum absolute atomic E-state index is 0.0113. The molecule has 4 rings (SSSR count). The van der Waals surface area contributed by atoms with Gasteiger partial charge in [0.2, 0.25) is 0 Å². The average molecular weight is 331 g/mol. The van der Waals surface area contributed by atoms with E-state index in [0.717, 1.165) is 12.3 Å². The van der Waals surface area contributed by atoms with Crippen LogP contribution < -0.4 is 0 Å². The highest BCUT2D eigenvalue weighted by Gasteiger charge is 2.52. The van der Waals surface area contributed by atoms with E-state index in [9.17, 15) is 14.7 Å². The Balaban J connectivity index is 1.87. The Kier molecular flexibility index (Phi) is 4.13. The summed E-state index contributed by atoms with van der Waals surface area (Å²) in [5, 5.41) is 9.81. The van der Waals surface area contributed by atoms with Gasteiger partial charge in [-0.15, -0.1) is 0 Å². The fourth-order valence-corrected chi connectivity index (χ4v) is 4.75. The second kappa shape index (κ2) is 5.75. The quantitative estimate of drug-likeness (QED) is 0.370. The van der Waals surface area contributed by atoms with Crippen molar-refractivity contribution < 1.29 is 14.7 Å². The van der Waals surface area contributed by atoms with Crippen LogP contribution >= 0.6 is 0 Å². The predicted molar refractivity (Wildman–Crippen MR) is 93.4 cm³/mol. The van der Waals surface area contributed by atoms with E-state index in [1.54, 1.807) is 4.90 Å². The molecule has 1 saturated heterocycles. The number of carbonyl (C=O) groups excluding carboxylic acids is 2. The summed E-state index contributed by atoms with van der Waals surface area (Å²) in [6.07, 6.45) is 5.20. The number of nitrogens with zero attached hydrogens (tertiary/aromatic N) is 1. The summed E-state index contributed by atoms with van der Waals surface area (Å²) < 4.78 is 0. The van der Waals surface area contributed by atoms with Gasteiger partial charge in [-0.3, -0.25) is 9.59 Å². The number of likely N-dealkylation sites (tertiary alicyclic amines) is 1. The molecule has 2 bridgehead atoms. The molecule has 4 nitrogen and oxygen atoms in total. The minimum atomic E-state index is -0.434. The maximum absolute atomic E-state index is 12.8. The van der Waals surface area contributed by atoms with Gasteiger partial charge in [-0.1, -0.05) is 39.3 Å². The van der Waals surface area contributed by atoms with E-state index >= 15 is 0 Å². The van der Waals surface area contributed by atoms with Crippen LogP contribution in [-0.4, -0.2) is 34.3 Å². The number of fused-ring (bicyclic) bond motifs is 1. The number of hydrogen-bond donors (Lipinski definition) is 1. The molecule has 1 N–H and O–H groups in total. The smallest absolute Gasteiger partial charge is 0.261 e. The molecule has 0 aromatic heterocycles. The average Bonchev–Trinajstić information content (AvgIpc) is 2.70. The molecule has 24 heavy (non-hydrogen) atoms. The van der Waals surface area contributed by atoms with Gasteiger partial charge < -0.3 is 10.0 Å². The van der Waals surface area contributed by atoms with Crippen LogP contribution in [0.25, 0.3) is 0 Å². The summed E-state index contributed by atoms with van der Waals surface area (Å²) in [5.41, 5.74) is 1.59. The number of allylic oxidation sites excluding steroid dienone is 2. The molecule has 0 spiro atoms. The molecule has 3 atom stereocenters. The molecule has 0 radical (unpaired) electrons. The molecule has 2 unspecified atom stereocenters. The van der Waals surface area contributed by atoms with E-state index in [2.05, 4.69) is 33.8 Å². The molecule has 1 aliphatic heterocycles. The van der Waals surface area contributed by atoms with Crippen molar-refractivity contribution in [2.45, 2.75) is 59.9 Å². The zero-order valence-corrected chi connectivity index (χ0v) is 15.4. The number of Topliss-reactive ketones (excluding diaryl/α,β-unsaturated/α-hetero) is 1. The van der Waals surface area contributed by atoms with Gasteiger partial charge in [0.05, 0.1) is 6.04 Å². The Hall–Kier alpha value is -1.58. The Bertz CT molecular complexity index is 637. The van der Waals surface area contributed by atoms with E-state index in [4.69, 9.17) is 0 Å². The van der Waals surface area contributed by atoms with Crippen LogP contribution in [0.5, 0.6) is 0 Å². The Labute approximate surface area is 144 Å². The van der Waals surface area contributed by atoms with Crippen molar-refractivity contribution in [3.63, 3.8) is 0 Å². The number of hydrogen-bond acceptors (Lipinski definition) is 3. The molecule has 132 valence electrons. The van der Waals surface area contributed by atoms with E-state index in [1.165, 1.54) is 18.9 Å². The normalized spacial score (nSPS) is 33.7. The molecule has 4 aliphatic rings. The Morgan fingerprint density at radius 1 is 1.38 bits per heavy atom.